The van der Waals surface area contributed by atoms with Crippen LogP contribution in [0.25, 0.3) is 0 Å². The number of nitrogens with zero attached hydrogens (tertiary/aromatic N) is 4. The maximum absolute atomic E-state index is 4.08. The summed E-state index contributed by atoms with van der Waals surface area (Å²) in [7, 11) is 4.18. The van der Waals surface area contributed by atoms with Crippen molar-refractivity contribution in [2.24, 2.45) is 0 Å². The Morgan fingerprint density at radius 2 is 1.43 bits per heavy atom. The molecule has 4 nitrogen and oxygen atoms in total. The molecule has 0 saturated heterocycles. The van der Waals surface area contributed by atoms with Gasteiger partial charge in [0.2, 0.25) is 0 Å². The maximum Gasteiger partial charge on any atom is 0.0794 e. The lowest BCUT2D eigenvalue weighted by Gasteiger charge is -2.19. The Morgan fingerprint density at radius 3 is 1.83 bits per heavy atom. The average molecular weight is 435 g/mol. The van der Waals surface area contributed by atoms with Crippen molar-refractivity contribution in [3.63, 3.8) is 0 Å². The predicted octanol–water partition coefficient (Wildman–Crippen LogP) is 7.62. The minimum Gasteiger partial charge on any atom is -0.374 e. The summed E-state index contributed by atoms with van der Waals surface area (Å²) in [5.74, 6) is 0. The zero-order chi connectivity index (χ0) is 22.7. The quantitative estimate of drug-likeness (QED) is 0.468. The van der Waals surface area contributed by atoms with E-state index in [2.05, 4.69) is 79.8 Å². The van der Waals surface area contributed by atoms with Gasteiger partial charge in [-0.25, -0.2) is 0 Å². The number of aromatic nitrogens is 2. The maximum atomic E-state index is 4.08. The van der Waals surface area contributed by atoms with E-state index in [0.717, 1.165) is 13.1 Å². The topological polar surface area (TPSA) is 32.3 Å². The van der Waals surface area contributed by atoms with Crippen molar-refractivity contribution in [1.29, 1.82) is 0 Å². The van der Waals surface area contributed by atoms with Crippen LogP contribution < -0.4 is 0 Å². The van der Waals surface area contributed by atoms with Gasteiger partial charge in [-0.2, -0.15) is 0 Å². The number of allylic oxidation sites excluding steroid dienone is 4. The summed E-state index contributed by atoms with van der Waals surface area (Å²) in [6.45, 7) is 18.2. The van der Waals surface area contributed by atoms with E-state index in [1.165, 1.54) is 21.8 Å². The summed E-state index contributed by atoms with van der Waals surface area (Å²) in [5, 5.41) is 0. The van der Waals surface area contributed by atoms with Crippen LogP contribution in [0, 0.1) is 0 Å². The second kappa shape index (κ2) is 21.6. The van der Waals surface area contributed by atoms with Gasteiger partial charge in [0.25, 0.3) is 0 Å². The summed E-state index contributed by atoms with van der Waals surface area (Å²) < 4.78 is 0. The Morgan fingerprint density at radius 1 is 0.900 bits per heavy atom. The van der Waals surface area contributed by atoms with Crippen LogP contribution in [0.5, 0.6) is 0 Å². The first-order valence-corrected chi connectivity index (χ1v) is 11.3. The first-order chi connectivity index (χ1) is 14.0. The van der Waals surface area contributed by atoms with Gasteiger partial charge < -0.3 is 9.80 Å². The van der Waals surface area contributed by atoms with Gasteiger partial charge in [0, 0.05) is 55.5 Å². The number of hydrogen-bond acceptors (Lipinski definition) is 5. The van der Waals surface area contributed by atoms with Gasteiger partial charge in [-0.15, -0.1) is 11.3 Å². The van der Waals surface area contributed by atoms with Crippen molar-refractivity contribution in [2.75, 3.05) is 14.1 Å². The normalized spacial score (nSPS) is 10.1. The van der Waals surface area contributed by atoms with Gasteiger partial charge in [0.15, 0.2) is 0 Å². The molecular weight excluding hydrogens is 388 g/mol. The Balaban J connectivity index is -0.000000406. The fourth-order valence-corrected chi connectivity index (χ4v) is 2.66. The SMILES string of the molecule is C.C/C=C(\C)N(C)Cc1cccnc1.C/C=C(\C)N(C)Cc1cncs1.CC.CC. The molecule has 0 atom stereocenters. The molecule has 5 heteroatoms. The van der Waals surface area contributed by atoms with Gasteiger partial charge in [-0.3, -0.25) is 9.97 Å². The molecule has 0 aliphatic rings. The molecule has 2 aromatic heterocycles. The van der Waals surface area contributed by atoms with Crippen LogP contribution in [0.15, 0.2) is 59.8 Å². The van der Waals surface area contributed by atoms with Crippen molar-refractivity contribution >= 4 is 11.3 Å². The third-order valence-corrected chi connectivity index (χ3v) is 4.82. The van der Waals surface area contributed by atoms with Gasteiger partial charge in [-0.1, -0.05) is 53.3 Å². The summed E-state index contributed by atoms with van der Waals surface area (Å²) >= 11 is 1.70. The van der Waals surface area contributed by atoms with Gasteiger partial charge in [0.05, 0.1) is 12.1 Å². The molecule has 0 aliphatic heterocycles. The van der Waals surface area contributed by atoms with Gasteiger partial charge in [0.1, 0.15) is 0 Å². The molecule has 2 rings (SSSR count). The molecule has 0 spiro atoms. The first-order valence-electron chi connectivity index (χ1n) is 10.4. The van der Waals surface area contributed by atoms with E-state index in [1.54, 1.807) is 17.5 Å². The molecule has 0 fully saturated rings. The average Bonchev–Trinajstić information content (AvgIpc) is 3.29. The van der Waals surface area contributed by atoms with Gasteiger partial charge >= 0.3 is 0 Å². The van der Waals surface area contributed by atoms with Crippen molar-refractivity contribution in [3.05, 3.63) is 70.2 Å². The van der Waals surface area contributed by atoms with E-state index in [9.17, 15) is 0 Å². The highest BCUT2D eigenvalue weighted by molar-refractivity contribution is 7.09. The second-order valence-corrected chi connectivity index (χ2v) is 6.87. The molecule has 2 aromatic rings. The van der Waals surface area contributed by atoms with E-state index in [1.807, 2.05) is 51.7 Å². The molecule has 0 saturated carbocycles. The largest absolute Gasteiger partial charge is 0.374 e. The minimum atomic E-state index is 0. The molecule has 30 heavy (non-hydrogen) atoms. The predicted molar refractivity (Wildman–Crippen MR) is 138 cm³/mol. The van der Waals surface area contributed by atoms with Crippen LogP contribution in [0.4, 0.5) is 0 Å². The second-order valence-electron chi connectivity index (χ2n) is 5.90. The van der Waals surface area contributed by atoms with Crippen molar-refractivity contribution in [3.8, 4) is 0 Å². The molecule has 0 bridgehead atoms. The van der Waals surface area contributed by atoms with Crippen LogP contribution in [-0.2, 0) is 13.1 Å². The third kappa shape index (κ3) is 14.8. The summed E-state index contributed by atoms with van der Waals surface area (Å²) in [6, 6.07) is 4.06. The molecule has 2 heterocycles. The zero-order valence-electron chi connectivity index (χ0n) is 20.2. The van der Waals surface area contributed by atoms with E-state index in [-0.39, 0.29) is 7.43 Å². The summed E-state index contributed by atoms with van der Waals surface area (Å²) in [6.07, 6.45) is 9.84. The third-order valence-electron chi connectivity index (χ3n) is 4.06. The number of thiazole rings is 1. The summed E-state index contributed by atoms with van der Waals surface area (Å²) in [4.78, 5) is 13.8. The number of rotatable bonds is 6. The van der Waals surface area contributed by atoms with Crippen molar-refractivity contribution < 1.29 is 0 Å². The van der Waals surface area contributed by atoms with E-state index < -0.39 is 0 Å². The number of hydrogen-bond donors (Lipinski definition) is 0. The Hall–Kier alpha value is -2.14. The Bertz CT molecular complexity index is 649. The number of pyridine rings is 1. The molecule has 0 aromatic carbocycles. The minimum absolute atomic E-state index is 0. The van der Waals surface area contributed by atoms with Crippen LogP contribution in [-0.4, -0.2) is 33.9 Å². The molecule has 172 valence electrons. The highest BCUT2D eigenvalue weighted by Crippen LogP contribution is 2.11. The first kappa shape index (κ1) is 32.5. The molecule has 0 aliphatic carbocycles. The van der Waals surface area contributed by atoms with Crippen molar-refractivity contribution in [2.45, 2.75) is 75.9 Å². The molecule has 0 N–H and O–H groups in total. The van der Waals surface area contributed by atoms with Crippen LogP contribution in [0.3, 0.4) is 0 Å². The van der Waals surface area contributed by atoms with E-state index in [4.69, 9.17) is 0 Å². The lowest BCUT2D eigenvalue weighted by atomic mass is 10.2. The molecule has 0 unspecified atom stereocenters. The highest BCUT2D eigenvalue weighted by Gasteiger charge is 2.00. The fourth-order valence-electron chi connectivity index (χ4n) is 2.01. The van der Waals surface area contributed by atoms with E-state index >= 15 is 0 Å². The standard InChI is InChI=1S/C11H16N2.C9H14N2S.2C2H6.CH4/c1-4-10(2)13(3)9-11-6-5-7-12-8-11;1-4-8(2)11(3)6-9-5-10-7-12-9;2*1-2;/h4-8H,9H2,1-3H3;4-5,7H,6H2,1-3H3;2*1-2H3;1H4/b10-4+;8-4+;;;. The molecule has 0 amide bonds. The zero-order valence-corrected chi connectivity index (χ0v) is 21.0. The Kier molecular flexibility index (Phi) is 23.4. The molecular formula is C25H46N4S. The molecule has 0 radical (unpaired) electrons. The van der Waals surface area contributed by atoms with Crippen molar-refractivity contribution in [1.82, 2.24) is 19.8 Å². The van der Waals surface area contributed by atoms with Crippen LogP contribution >= 0.6 is 11.3 Å². The monoisotopic (exact) mass is 434 g/mol. The van der Waals surface area contributed by atoms with Crippen LogP contribution in [0.1, 0.15) is 73.3 Å². The highest BCUT2D eigenvalue weighted by atomic mass is 32.1. The Labute approximate surface area is 191 Å². The van der Waals surface area contributed by atoms with Gasteiger partial charge in [-0.05, 0) is 39.3 Å². The lowest BCUT2D eigenvalue weighted by Crippen LogP contribution is -2.15. The fraction of sp³-hybridized carbons (Fsp3) is 0.520. The summed E-state index contributed by atoms with van der Waals surface area (Å²) in [5.41, 5.74) is 5.69. The van der Waals surface area contributed by atoms with E-state index in [0.29, 0.717) is 0 Å². The van der Waals surface area contributed by atoms with Crippen LogP contribution in [0.2, 0.25) is 0 Å². The smallest absolute Gasteiger partial charge is 0.0794 e. The lowest BCUT2D eigenvalue weighted by molar-refractivity contribution is 0.411.